The quantitative estimate of drug-likeness (QED) is 0.750. The molecule has 1 aliphatic heterocycles. The Morgan fingerprint density at radius 3 is 2.42 bits per heavy atom. The number of pyridine rings is 1. The second kappa shape index (κ2) is 5.92. The standard InChI is InChI=1S/C18H13N3O5/c19-18(24)21(11-4-2-1-3-5-11)16-12(17(22)23)6-10-7-14-15(26-9-25-14)8-13(10)20-16/h1-8H,9H2,(H2,19,24)(H,22,23). The van der Waals surface area contributed by atoms with E-state index in [4.69, 9.17) is 15.2 Å². The van der Waals surface area contributed by atoms with E-state index in [0.717, 1.165) is 4.90 Å². The lowest BCUT2D eigenvalue weighted by Gasteiger charge is -2.21. The van der Waals surface area contributed by atoms with E-state index >= 15 is 0 Å². The lowest BCUT2D eigenvalue weighted by atomic mass is 10.1. The number of primary amides is 1. The van der Waals surface area contributed by atoms with E-state index in [0.29, 0.717) is 28.1 Å². The number of carbonyl (C=O) groups is 2. The Hall–Kier alpha value is -3.81. The largest absolute Gasteiger partial charge is 0.478 e. The summed E-state index contributed by atoms with van der Waals surface area (Å²) in [5.74, 6) is -0.278. The molecule has 8 heteroatoms. The van der Waals surface area contributed by atoms with Crippen molar-refractivity contribution in [3.8, 4) is 11.5 Å². The minimum absolute atomic E-state index is 0.0671. The van der Waals surface area contributed by atoms with E-state index in [9.17, 15) is 14.7 Å². The first-order chi connectivity index (χ1) is 12.5. The van der Waals surface area contributed by atoms with Gasteiger partial charge in [-0.2, -0.15) is 0 Å². The van der Waals surface area contributed by atoms with E-state index in [-0.39, 0.29) is 18.2 Å². The van der Waals surface area contributed by atoms with Crippen LogP contribution in [0.15, 0.2) is 48.5 Å². The number of aromatic carboxylic acids is 1. The van der Waals surface area contributed by atoms with Gasteiger partial charge in [-0.05, 0) is 24.3 Å². The van der Waals surface area contributed by atoms with Crippen LogP contribution < -0.4 is 20.1 Å². The molecule has 4 rings (SSSR count). The molecular weight excluding hydrogens is 338 g/mol. The fourth-order valence-electron chi connectivity index (χ4n) is 2.81. The highest BCUT2D eigenvalue weighted by molar-refractivity contribution is 6.06. The predicted molar refractivity (Wildman–Crippen MR) is 93.0 cm³/mol. The minimum Gasteiger partial charge on any atom is -0.478 e. The molecule has 2 heterocycles. The molecule has 0 unspecified atom stereocenters. The second-order valence-corrected chi connectivity index (χ2v) is 5.57. The number of urea groups is 1. The molecule has 1 aromatic heterocycles. The van der Waals surface area contributed by atoms with Crippen LogP contribution in [0, 0.1) is 0 Å². The summed E-state index contributed by atoms with van der Waals surface area (Å²) in [4.78, 5) is 29.3. The van der Waals surface area contributed by atoms with Gasteiger partial charge in [-0.3, -0.25) is 0 Å². The van der Waals surface area contributed by atoms with E-state index < -0.39 is 12.0 Å². The number of amides is 2. The van der Waals surface area contributed by atoms with Gasteiger partial charge in [0, 0.05) is 11.5 Å². The van der Waals surface area contributed by atoms with Crippen LogP contribution in [0.1, 0.15) is 10.4 Å². The van der Waals surface area contributed by atoms with E-state index in [1.807, 2.05) is 0 Å². The van der Waals surface area contributed by atoms with Gasteiger partial charge in [0.05, 0.1) is 11.2 Å². The van der Waals surface area contributed by atoms with E-state index in [1.165, 1.54) is 6.07 Å². The van der Waals surface area contributed by atoms with Gasteiger partial charge < -0.3 is 20.3 Å². The van der Waals surface area contributed by atoms with Crippen LogP contribution in [0.25, 0.3) is 10.9 Å². The maximum absolute atomic E-state index is 12.1. The third kappa shape index (κ3) is 2.53. The van der Waals surface area contributed by atoms with Crippen LogP contribution in [0.3, 0.4) is 0 Å². The van der Waals surface area contributed by atoms with Crippen molar-refractivity contribution in [3.05, 3.63) is 54.1 Å². The number of nitrogens with zero attached hydrogens (tertiary/aromatic N) is 2. The number of carboxylic acid groups (broad SMARTS) is 1. The Bertz CT molecular complexity index is 1040. The van der Waals surface area contributed by atoms with Crippen LogP contribution in [0.2, 0.25) is 0 Å². The second-order valence-electron chi connectivity index (χ2n) is 5.57. The van der Waals surface area contributed by atoms with Crippen molar-refractivity contribution in [2.45, 2.75) is 0 Å². The molecule has 8 nitrogen and oxygen atoms in total. The monoisotopic (exact) mass is 351 g/mol. The zero-order valence-corrected chi connectivity index (χ0v) is 13.4. The number of ether oxygens (including phenoxy) is 2. The SMILES string of the molecule is NC(=O)N(c1ccccc1)c1nc2cc3c(cc2cc1C(=O)O)OCO3. The van der Waals surface area contributed by atoms with Crippen molar-refractivity contribution in [1.29, 1.82) is 0 Å². The molecule has 0 radical (unpaired) electrons. The molecule has 3 N–H and O–H groups in total. The number of hydrogen-bond acceptors (Lipinski definition) is 5. The topological polar surface area (TPSA) is 115 Å². The Kier molecular flexibility index (Phi) is 3.58. The summed E-state index contributed by atoms with van der Waals surface area (Å²) in [6.07, 6.45) is 0. The number of carbonyl (C=O) groups excluding carboxylic acids is 1. The number of anilines is 2. The predicted octanol–water partition coefficient (Wildman–Crippen LogP) is 2.88. The molecule has 1 aliphatic rings. The first-order valence-electron chi connectivity index (χ1n) is 7.67. The van der Waals surface area contributed by atoms with Gasteiger partial charge in [0.15, 0.2) is 17.3 Å². The molecule has 0 atom stereocenters. The first-order valence-corrected chi connectivity index (χ1v) is 7.67. The first kappa shape index (κ1) is 15.7. The molecule has 0 spiro atoms. The summed E-state index contributed by atoms with van der Waals surface area (Å²) < 4.78 is 10.6. The normalized spacial score (nSPS) is 12.2. The molecule has 2 amide bonds. The van der Waals surface area contributed by atoms with Crippen molar-refractivity contribution < 1.29 is 24.2 Å². The van der Waals surface area contributed by atoms with Gasteiger partial charge in [0.1, 0.15) is 5.56 Å². The number of nitrogens with two attached hydrogens (primary N) is 1. The van der Waals surface area contributed by atoms with Gasteiger partial charge in [0.2, 0.25) is 6.79 Å². The fraction of sp³-hybridized carbons (Fsp3) is 0.0556. The average Bonchev–Trinajstić information content (AvgIpc) is 3.07. The highest BCUT2D eigenvalue weighted by Crippen LogP contribution is 2.37. The van der Waals surface area contributed by atoms with Crippen LogP contribution in [-0.4, -0.2) is 28.9 Å². The zero-order valence-electron chi connectivity index (χ0n) is 13.4. The number of rotatable bonds is 3. The molecule has 3 aromatic rings. The van der Waals surface area contributed by atoms with Crippen molar-refractivity contribution in [2.24, 2.45) is 5.73 Å². The Morgan fingerprint density at radius 2 is 1.77 bits per heavy atom. The number of fused-ring (bicyclic) bond motifs is 2. The lowest BCUT2D eigenvalue weighted by molar-refractivity contribution is 0.0697. The molecular formula is C18H13N3O5. The molecule has 26 heavy (non-hydrogen) atoms. The van der Waals surface area contributed by atoms with Crippen molar-refractivity contribution >= 4 is 34.4 Å². The van der Waals surface area contributed by atoms with Crippen LogP contribution in [-0.2, 0) is 0 Å². The maximum atomic E-state index is 12.1. The van der Waals surface area contributed by atoms with E-state index in [1.54, 1.807) is 42.5 Å². The van der Waals surface area contributed by atoms with Gasteiger partial charge >= 0.3 is 12.0 Å². The molecule has 0 fully saturated rings. The lowest BCUT2D eigenvalue weighted by Crippen LogP contribution is -2.33. The smallest absolute Gasteiger partial charge is 0.339 e. The van der Waals surface area contributed by atoms with Gasteiger partial charge in [-0.1, -0.05) is 18.2 Å². The number of aromatic nitrogens is 1. The van der Waals surface area contributed by atoms with Crippen molar-refractivity contribution in [2.75, 3.05) is 11.7 Å². The molecule has 130 valence electrons. The zero-order chi connectivity index (χ0) is 18.3. The molecule has 0 aliphatic carbocycles. The third-order valence-electron chi connectivity index (χ3n) is 3.97. The summed E-state index contributed by atoms with van der Waals surface area (Å²) in [6, 6.07) is 12.4. The Balaban J connectivity index is 1.97. The summed E-state index contributed by atoms with van der Waals surface area (Å²) in [5.41, 5.74) is 6.23. The molecule has 0 bridgehead atoms. The van der Waals surface area contributed by atoms with Gasteiger partial charge in [-0.25, -0.2) is 19.5 Å². The fourth-order valence-corrected chi connectivity index (χ4v) is 2.81. The highest BCUT2D eigenvalue weighted by atomic mass is 16.7. The third-order valence-corrected chi connectivity index (χ3v) is 3.97. The highest BCUT2D eigenvalue weighted by Gasteiger charge is 2.25. The summed E-state index contributed by atoms with van der Waals surface area (Å²) in [6.45, 7) is 0.0850. The van der Waals surface area contributed by atoms with Crippen LogP contribution >= 0.6 is 0 Å². The number of para-hydroxylation sites is 1. The maximum Gasteiger partial charge on any atom is 0.339 e. The number of hydrogen-bond donors (Lipinski definition) is 2. The molecule has 0 saturated heterocycles. The molecule has 2 aromatic carbocycles. The van der Waals surface area contributed by atoms with Crippen LogP contribution in [0.5, 0.6) is 11.5 Å². The van der Waals surface area contributed by atoms with Crippen molar-refractivity contribution in [3.63, 3.8) is 0 Å². The number of carboxylic acids is 1. The summed E-state index contributed by atoms with van der Waals surface area (Å²) in [7, 11) is 0. The average molecular weight is 351 g/mol. The number of benzene rings is 2. The minimum atomic E-state index is -1.23. The Morgan fingerprint density at radius 1 is 1.08 bits per heavy atom. The van der Waals surface area contributed by atoms with E-state index in [2.05, 4.69) is 4.98 Å². The van der Waals surface area contributed by atoms with Gasteiger partial charge in [0.25, 0.3) is 0 Å². The summed E-state index contributed by atoms with van der Waals surface area (Å²) >= 11 is 0. The van der Waals surface area contributed by atoms with Crippen LogP contribution in [0.4, 0.5) is 16.3 Å². The molecule has 0 saturated carbocycles. The van der Waals surface area contributed by atoms with Gasteiger partial charge in [-0.15, -0.1) is 0 Å². The Labute approximate surface area is 147 Å². The van der Waals surface area contributed by atoms with Crippen molar-refractivity contribution in [1.82, 2.24) is 4.98 Å². The summed E-state index contributed by atoms with van der Waals surface area (Å²) in [5, 5.41) is 10.2.